The second kappa shape index (κ2) is 6.12. The van der Waals surface area contributed by atoms with Crippen LogP contribution in [0.2, 0.25) is 0 Å². The van der Waals surface area contributed by atoms with Gasteiger partial charge in [0.05, 0.1) is 5.56 Å². The maximum Gasteiger partial charge on any atom is 0.255 e. The Bertz CT molecular complexity index is 393. The number of phenolic OH excluding ortho intramolecular Hbond substituents is 1. The lowest BCUT2D eigenvalue weighted by Crippen LogP contribution is -2.24. The molecule has 0 fully saturated rings. The van der Waals surface area contributed by atoms with E-state index in [0.717, 1.165) is 0 Å². The van der Waals surface area contributed by atoms with Gasteiger partial charge in [-0.25, -0.2) is 0 Å². The zero-order valence-electron chi connectivity index (χ0n) is 8.57. The lowest BCUT2D eigenvalue weighted by molar-refractivity contribution is -0.111. The van der Waals surface area contributed by atoms with Crippen molar-refractivity contribution in [2.24, 2.45) is 0 Å². The van der Waals surface area contributed by atoms with E-state index in [4.69, 9.17) is 11.6 Å². The summed E-state index contributed by atoms with van der Waals surface area (Å²) < 4.78 is 0. The largest absolute Gasteiger partial charge is 0.507 e. The van der Waals surface area contributed by atoms with Crippen LogP contribution in [0.4, 0.5) is 0 Å². The van der Waals surface area contributed by atoms with Gasteiger partial charge in [0.1, 0.15) is 5.75 Å². The predicted octanol–water partition coefficient (Wildman–Crippen LogP) is 1.67. The molecular weight excluding hydrogens is 230 g/mol. The van der Waals surface area contributed by atoms with Gasteiger partial charge in [-0.15, -0.1) is 0 Å². The number of halogens is 1. The Hall–Kier alpha value is -1.55. The van der Waals surface area contributed by atoms with E-state index in [1.807, 2.05) is 0 Å². The normalized spacial score (nSPS) is 9.81. The number of aromatic hydroxyl groups is 1. The molecule has 0 spiro atoms. The van der Waals surface area contributed by atoms with E-state index in [1.54, 1.807) is 12.1 Å². The fourth-order valence-electron chi connectivity index (χ4n) is 1.19. The van der Waals surface area contributed by atoms with E-state index in [1.165, 1.54) is 12.1 Å². The first-order valence-electron chi connectivity index (χ1n) is 4.86. The van der Waals surface area contributed by atoms with Gasteiger partial charge in [-0.1, -0.05) is 12.1 Å². The Balaban J connectivity index is 2.41. The van der Waals surface area contributed by atoms with Crippen LogP contribution in [0.5, 0.6) is 5.75 Å². The molecule has 0 bridgehead atoms. The molecule has 0 radical (unpaired) electrons. The summed E-state index contributed by atoms with van der Waals surface area (Å²) in [6, 6.07) is 6.27. The molecule has 5 heteroatoms. The second-order valence-corrected chi connectivity index (χ2v) is 3.65. The fraction of sp³-hybridized carbons (Fsp3) is 0.273. The summed E-state index contributed by atoms with van der Waals surface area (Å²) in [7, 11) is 0. The lowest BCUT2D eigenvalue weighted by Gasteiger charge is -2.05. The van der Waals surface area contributed by atoms with E-state index >= 15 is 0 Å². The zero-order valence-corrected chi connectivity index (χ0v) is 9.33. The van der Waals surface area contributed by atoms with Crippen molar-refractivity contribution >= 4 is 22.8 Å². The molecule has 0 heterocycles. The van der Waals surface area contributed by atoms with Crippen LogP contribution in [-0.4, -0.2) is 22.8 Å². The van der Waals surface area contributed by atoms with Crippen molar-refractivity contribution in [3.63, 3.8) is 0 Å². The molecule has 2 N–H and O–H groups in total. The van der Waals surface area contributed by atoms with Crippen molar-refractivity contribution in [1.82, 2.24) is 5.32 Å². The van der Waals surface area contributed by atoms with E-state index in [-0.39, 0.29) is 23.6 Å². The molecule has 1 aromatic rings. The van der Waals surface area contributed by atoms with E-state index in [9.17, 15) is 14.7 Å². The predicted molar refractivity (Wildman–Crippen MR) is 60.5 cm³/mol. The Labute approximate surface area is 98.2 Å². The van der Waals surface area contributed by atoms with Gasteiger partial charge in [0.2, 0.25) is 5.24 Å². The number of benzene rings is 1. The number of phenols is 1. The number of rotatable bonds is 5. The molecule has 1 rings (SSSR count). The van der Waals surface area contributed by atoms with Crippen LogP contribution in [0.25, 0.3) is 0 Å². The van der Waals surface area contributed by atoms with E-state index in [0.29, 0.717) is 13.0 Å². The summed E-state index contributed by atoms with van der Waals surface area (Å²) in [5, 5.41) is 11.6. The first kappa shape index (κ1) is 12.5. The van der Waals surface area contributed by atoms with E-state index in [2.05, 4.69) is 5.32 Å². The third kappa shape index (κ3) is 3.90. The monoisotopic (exact) mass is 241 g/mol. The topological polar surface area (TPSA) is 66.4 Å². The summed E-state index contributed by atoms with van der Waals surface area (Å²) in [5.41, 5.74) is 0.222. The minimum atomic E-state index is -0.420. The van der Waals surface area contributed by atoms with Gasteiger partial charge in [-0.2, -0.15) is 0 Å². The third-order valence-corrected chi connectivity index (χ3v) is 2.17. The summed E-state index contributed by atoms with van der Waals surface area (Å²) in [6.07, 6.45) is 0.713. The highest BCUT2D eigenvalue weighted by atomic mass is 35.5. The van der Waals surface area contributed by atoms with Crippen LogP contribution in [0, 0.1) is 0 Å². The summed E-state index contributed by atoms with van der Waals surface area (Å²) in [6.45, 7) is 0.353. The molecule has 0 saturated carbocycles. The van der Waals surface area contributed by atoms with Gasteiger partial charge in [0.25, 0.3) is 5.91 Å². The number of carbonyl (C=O) groups is 2. The van der Waals surface area contributed by atoms with Crippen LogP contribution in [-0.2, 0) is 4.79 Å². The van der Waals surface area contributed by atoms with Crippen molar-refractivity contribution in [2.75, 3.05) is 6.54 Å². The molecule has 0 aliphatic heterocycles. The number of nitrogens with one attached hydrogen (secondary N) is 1. The molecule has 0 atom stereocenters. The van der Waals surface area contributed by atoms with Gasteiger partial charge in [-0.05, 0) is 30.2 Å². The molecule has 0 aliphatic carbocycles. The molecule has 0 aromatic heterocycles. The number of amides is 1. The molecule has 86 valence electrons. The first-order valence-corrected chi connectivity index (χ1v) is 5.23. The fourth-order valence-corrected chi connectivity index (χ4v) is 1.32. The average molecular weight is 242 g/mol. The molecular formula is C11H12ClNO3. The van der Waals surface area contributed by atoms with Crippen LogP contribution in [0.1, 0.15) is 23.2 Å². The highest BCUT2D eigenvalue weighted by Gasteiger charge is 2.08. The van der Waals surface area contributed by atoms with Crippen LogP contribution in [0.15, 0.2) is 24.3 Å². The molecule has 0 saturated heterocycles. The molecule has 16 heavy (non-hydrogen) atoms. The zero-order chi connectivity index (χ0) is 12.0. The Morgan fingerprint density at radius 1 is 1.31 bits per heavy atom. The van der Waals surface area contributed by atoms with Gasteiger partial charge >= 0.3 is 0 Å². The first-order chi connectivity index (χ1) is 7.61. The smallest absolute Gasteiger partial charge is 0.255 e. The van der Waals surface area contributed by atoms with Crippen molar-refractivity contribution < 1.29 is 14.7 Å². The summed E-state index contributed by atoms with van der Waals surface area (Å²) in [4.78, 5) is 21.9. The maximum absolute atomic E-state index is 11.5. The highest BCUT2D eigenvalue weighted by Crippen LogP contribution is 2.14. The van der Waals surface area contributed by atoms with E-state index < -0.39 is 5.24 Å². The molecule has 0 aliphatic rings. The van der Waals surface area contributed by atoms with Crippen LogP contribution < -0.4 is 5.32 Å². The molecule has 4 nitrogen and oxygen atoms in total. The lowest BCUT2D eigenvalue weighted by atomic mass is 10.2. The maximum atomic E-state index is 11.5. The highest BCUT2D eigenvalue weighted by molar-refractivity contribution is 6.63. The standard InChI is InChI=1S/C11H12ClNO3/c12-10(15)6-3-7-13-11(16)8-4-1-2-5-9(8)14/h1-2,4-5,14H,3,6-7H2,(H,13,16). The molecule has 1 aromatic carbocycles. The van der Waals surface area contributed by atoms with Crippen LogP contribution in [0.3, 0.4) is 0 Å². The van der Waals surface area contributed by atoms with Crippen molar-refractivity contribution in [2.45, 2.75) is 12.8 Å². The van der Waals surface area contributed by atoms with Gasteiger partial charge < -0.3 is 10.4 Å². The second-order valence-electron chi connectivity index (χ2n) is 3.23. The van der Waals surface area contributed by atoms with Crippen molar-refractivity contribution in [3.8, 4) is 5.75 Å². The SMILES string of the molecule is O=C(Cl)CCCNC(=O)c1ccccc1O. The molecule has 0 unspecified atom stereocenters. The van der Waals surface area contributed by atoms with Crippen LogP contribution >= 0.6 is 11.6 Å². The summed E-state index contributed by atoms with van der Waals surface area (Å²) >= 11 is 5.14. The van der Waals surface area contributed by atoms with Crippen molar-refractivity contribution in [1.29, 1.82) is 0 Å². The number of hydrogen-bond donors (Lipinski definition) is 2. The van der Waals surface area contributed by atoms with Gasteiger partial charge in [0.15, 0.2) is 0 Å². The van der Waals surface area contributed by atoms with Gasteiger partial charge in [-0.3, -0.25) is 9.59 Å². The average Bonchev–Trinajstić information content (AvgIpc) is 2.24. The van der Waals surface area contributed by atoms with Gasteiger partial charge in [0, 0.05) is 13.0 Å². The minimum Gasteiger partial charge on any atom is -0.507 e. The number of carbonyl (C=O) groups excluding carboxylic acids is 2. The molecule has 1 amide bonds. The summed E-state index contributed by atoms with van der Waals surface area (Å²) in [5.74, 6) is -0.423. The third-order valence-electron chi connectivity index (χ3n) is 1.98. The minimum absolute atomic E-state index is 0.0616. The van der Waals surface area contributed by atoms with Crippen molar-refractivity contribution in [3.05, 3.63) is 29.8 Å². The quantitative estimate of drug-likeness (QED) is 0.609. The Kier molecular flexibility index (Phi) is 4.79. The Morgan fingerprint density at radius 3 is 2.62 bits per heavy atom. The number of para-hydroxylation sites is 1. The number of hydrogen-bond acceptors (Lipinski definition) is 3. The Morgan fingerprint density at radius 2 is 2.00 bits per heavy atom.